The van der Waals surface area contributed by atoms with Gasteiger partial charge in [0.05, 0.1) is 0 Å². The maximum Gasteiger partial charge on any atom is 0.242 e. The lowest BCUT2D eigenvalue weighted by atomic mass is 10.1. The van der Waals surface area contributed by atoms with Gasteiger partial charge in [0.1, 0.15) is 6.04 Å². The Labute approximate surface area is 139 Å². The minimum atomic E-state index is -0.491. The second kappa shape index (κ2) is 10.8. The van der Waals surface area contributed by atoms with Crippen LogP contribution in [-0.2, 0) is 20.9 Å². The monoisotopic (exact) mass is 320 g/mol. The fourth-order valence-corrected chi connectivity index (χ4v) is 2.24. The molecule has 5 heteroatoms. The van der Waals surface area contributed by atoms with Gasteiger partial charge in [-0.2, -0.15) is 0 Å². The third-order valence-electron chi connectivity index (χ3n) is 3.63. The van der Waals surface area contributed by atoms with E-state index in [2.05, 4.69) is 5.32 Å². The first-order valence-corrected chi connectivity index (χ1v) is 8.29. The van der Waals surface area contributed by atoms with Crippen LogP contribution in [0.15, 0.2) is 30.3 Å². The molecule has 0 unspecified atom stereocenters. The predicted molar refractivity (Wildman–Crippen MR) is 90.9 cm³/mol. The number of amides is 2. The fourth-order valence-electron chi connectivity index (χ4n) is 2.24. The highest BCUT2D eigenvalue weighted by Crippen LogP contribution is 2.10. The number of carbonyl (C=O) groups is 2. The van der Waals surface area contributed by atoms with Crippen molar-refractivity contribution in [3.63, 3.8) is 0 Å². The van der Waals surface area contributed by atoms with E-state index in [1.54, 1.807) is 11.8 Å². The van der Waals surface area contributed by atoms with Crippen LogP contribution in [0.25, 0.3) is 0 Å². The molecule has 0 saturated carbocycles. The van der Waals surface area contributed by atoms with Crippen LogP contribution in [0.2, 0.25) is 0 Å². The first kappa shape index (κ1) is 19.2. The standard InChI is InChI=1S/C18H28N2O3/c1-4-17(21)20(14-16-10-7-6-8-11-16)15(3)18(22)19-12-9-13-23-5-2/h6-8,10-11,15H,4-5,9,12-14H2,1-3H3,(H,19,22)/t15-/m1/s1. The summed E-state index contributed by atoms with van der Waals surface area (Å²) in [7, 11) is 0. The Morgan fingerprint density at radius 3 is 2.52 bits per heavy atom. The van der Waals surface area contributed by atoms with Gasteiger partial charge in [0.2, 0.25) is 11.8 Å². The average Bonchev–Trinajstić information content (AvgIpc) is 2.59. The highest BCUT2D eigenvalue weighted by molar-refractivity contribution is 5.87. The van der Waals surface area contributed by atoms with E-state index in [-0.39, 0.29) is 11.8 Å². The maximum absolute atomic E-state index is 12.3. The summed E-state index contributed by atoms with van der Waals surface area (Å²) in [6.07, 6.45) is 1.15. The van der Waals surface area contributed by atoms with Gasteiger partial charge >= 0.3 is 0 Å². The number of ether oxygens (including phenoxy) is 1. The van der Waals surface area contributed by atoms with Crippen molar-refractivity contribution in [2.75, 3.05) is 19.8 Å². The summed E-state index contributed by atoms with van der Waals surface area (Å²) in [4.78, 5) is 26.1. The van der Waals surface area contributed by atoms with Gasteiger partial charge in [-0.05, 0) is 25.8 Å². The van der Waals surface area contributed by atoms with Gasteiger partial charge in [0.15, 0.2) is 0 Å². The second-order valence-electron chi connectivity index (χ2n) is 5.38. The van der Waals surface area contributed by atoms with Crippen molar-refractivity contribution in [3.05, 3.63) is 35.9 Å². The molecule has 0 aromatic heterocycles. The number of carbonyl (C=O) groups excluding carboxylic acids is 2. The van der Waals surface area contributed by atoms with E-state index >= 15 is 0 Å². The van der Waals surface area contributed by atoms with Crippen LogP contribution < -0.4 is 5.32 Å². The average molecular weight is 320 g/mol. The first-order chi connectivity index (χ1) is 11.1. The molecule has 0 aliphatic heterocycles. The lowest BCUT2D eigenvalue weighted by Gasteiger charge is -2.28. The number of benzene rings is 1. The Balaban J connectivity index is 2.59. The van der Waals surface area contributed by atoms with Gasteiger partial charge in [-0.15, -0.1) is 0 Å². The number of rotatable bonds is 10. The molecule has 0 heterocycles. The molecule has 0 aliphatic carbocycles. The third-order valence-corrected chi connectivity index (χ3v) is 3.63. The minimum Gasteiger partial charge on any atom is -0.382 e. The molecule has 0 saturated heterocycles. The Morgan fingerprint density at radius 2 is 1.91 bits per heavy atom. The summed E-state index contributed by atoms with van der Waals surface area (Å²) in [5.41, 5.74) is 1.02. The van der Waals surface area contributed by atoms with Gasteiger partial charge in [-0.25, -0.2) is 0 Å². The first-order valence-electron chi connectivity index (χ1n) is 8.29. The lowest BCUT2D eigenvalue weighted by Crippen LogP contribution is -2.47. The summed E-state index contributed by atoms with van der Waals surface area (Å²) < 4.78 is 5.24. The minimum absolute atomic E-state index is 0.0224. The van der Waals surface area contributed by atoms with Crippen LogP contribution in [0.1, 0.15) is 39.2 Å². The number of hydrogen-bond acceptors (Lipinski definition) is 3. The van der Waals surface area contributed by atoms with Crippen LogP contribution in [-0.4, -0.2) is 42.5 Å². The van der Waals surface area contributed by atoms with Crippen LogP contribution in [0, 0.1) is 0 Å². The molecule has 23 heavy (non-hydrogen) atoms. The molecule has 0 bridgehead atoms. The lowest BCUT2D eigenvalue weighted by molar-refractivity contribution is -0.140. The van der Waals surface area contributed by atoms with E-state index in [4.69, 9.17) is 4.74 Å². The fraction of sp³-hybridized carbons (Fsp3) is 0.556. The van der Waals surface area contributed by atoms with Crippen molar-refractivity contribution >= 4 is 11.8 Å². The molecule has 1 atom stereocenters. The third kappa shape index (κ3) is 6.82. The quantitative estimate of drug-likeness (QED) is 0.673. The summed E-state index contributed by atoms with van der Waals surface area (Å²) in [5.74, 6) is -0.148. The SMILES string of the molecule is CCOCCCNC(=O)[C@@H](C)N(Cc1ccccc1)C(=O)CC. The van der Waals surface area contributed by atoms with E-state index in [1.807, 2.05) is 44.2 Å². The Kier molecular flexibility index (Phi) is 8.98. The maximum atomic E-state index is 12.3. The van der Waals surface area contributed by atoms with Crippen molar-refractivity contribution in [3.8, 4) is 0 Å². The van der Waals surface area contributed by atoms with Crippen LogP contribution in [0.3, 0.4) is 0 Å². The van der Waals surface area contributed by atoms with Crippen molar-refractivity contribution in [2.24, 2.45) is 0 Å². The van der Waals surface area contributed by atoms with Gasteiger partial charge in [0, 0.05) is 32.7 Å². The molecule has 1 aromatic rings. The molecule has 5 nitrogen and oxygen atoms in total. The van der Waals surface area contributed by atoms with Crippen LogP contribution >= 0.6 is 0 Å². The summed E-state index contributed by atoms with van der Waals surface area (Å²) in [6, 6.07) is 9.23. The van der Waals surface area contributed by atoms with Crippen molar-refractivity contribution < 1.29 is 14.3 Å². The Hall–Kier alpha value is -1.88. The topological polar surface area (TPSA) is 58.6 Å². The molecule has 1 aromatic carbocycles. The smallest absolute Gasteiger partial charge is 0.242 e. The van der Waals surface area contributed by atoms with Gasteiger partial charge in [-0.3, -0.25) is 9.59 Å². The van der Waals surface area contributed by atoms with E-state index in [0.29, 0.717) is 32.7 Å². The molecule has 2 amide bonds. The van der Waals surface area contributed by atoms with Crippen molar-refractivity contribution in [2.45, 2.75) is 46.2 Å². The molecule has 1 N–H and O–H groups in total. The number of nitrogens with one attached hydrogen (secondary N) is 1. The zero-order valence-corrected chi connectivity index (χ0v) is 14.4. The highest BCUT2D eigenvalue weighted by Gasteiger charge is 2.24. The predicted octanol–water partition coefficient (Wildman–Crippen LogP) is 2.36. The Morgan fingerprint density at radius 1 is 1.22 bits per heavy atom. The van der Waals surface area contributed by atoms with Crippen molar-refractivity contribution in [1.29, 1.82) is 0 Å². The molecule has 128 valence electrons. The van der Waals surface area contributed by atoms with E-state index in [9.17, 15) is 9.59 Å². The zero-order valence-electron chi connectivity index (χ0n) is 14.4. The van der Waals surface area contributed by atoms with E-state index < -0.39 is 6.04 Å². The van der Waals surface area contributed by atoms with Gasteiger partial charge in [-0.1, -0.05) is 37.3 Å². The number of hydrogen-bond donors (Lipinski definition) is 1. The molecule has 1 rings (SSSR count). The van der Waals surface area contributed by atoms with Crippen LogP contribution in [0.4, 0.5) is 0 Å². The van der Waals surface area contributed by atoms with E-state index in [0.717, 1.165) is 12.0 Å². The molecule has 0 radical (unpaired) electrons. The highest BCUT2D eigenvalue weighted by atomic mass is 16.5. The van der Waals surface area contributed by atoms with E-state index in [1.165, 1.54) is 0 Å². The summed E-state index contributed by atoms with van der Waals surface area (Å²) >= 11 is 0. The van der Waals surface area contributed by atoms with Crippen LogP contribution in [0.5, 0.6) is 0 Å². The van der Waals surface area contributed by atoms with Gasteiger partial charge < -0.3 is 15.0 Å². The summed E-state index contributed by atoms with van der Waals surface area (Å²) in [5, 5.41) is 2.87. The zero-order chi connectivity index (χ0) is 17.1. The molecule has 0 aliphatic rings. The van der Waals surface area contributed by atoms with Gasteiger partial charge in [0.25, 0.3) is 0 Å². The second-order valence-corrected chi connectivity index (χ2v) is 5.38. The van der Waals surface area contributed by atoms with Crippen molar-refractivity contribution in [1.82, 2.24) is 10.2 Å². The number of nitrogens with zero attached hydrogens (tertiary/aromatic N) is 1. The normalized spacial score (nSPS) is 11.8. The molecular weight excluding hydrogens is 292 g/mol. The largest absolute Gasteiger partial charge is 0.382 e. The summed E-state index contributed by atoms with van der Waals surface area (Å²) in [6.45, 7) is 7.84. The molecule has 0 fully saturated rings. The molecular formula is C18H28N2O3. The Bertz CT molecular complexity index is 476. The molecule has 0 spiro atoms.